The highest BCUT2D eigenvalue weighted by Crippen LogP contribution is 2.42. The van der Waals surface area contributed by atoms with E-state index in [1.54, 1.807) is 0 Å². The van der Waals surface area contributed by atoms with Crippen molar-refractivity contribution in [2.45, 2.75) is 87.0 Å². The van der Waals surface area contributed by atoms with Gasteiger partial charge >= 0.3 is 0 Å². The molecule has 0 unspecified atom stereocenters. The fourth-order valence-electron chi connectivity index (χ4n) is 4.17. The second-order valence-corrected chi connectivity index (χ2v) is 8.73. The number of fused-ring (bicyclic) bond motifs is 2. The van der Waals surface area contributed by atoms with E-state index < -0.39 is 0 Å². The molecule has 0 N–H and O–H groups in total. The van der Waals surface area contributed by atoms with Crippen LogP contribution in [0.25, 0.3) is 0 Å². The first-order valence-corrected chi connectivity index (χ1v) is 14.3. The molecule has 6 nitrogen and oxygen atoms in total. The van der Waals surface area contributed by atoms with Crippen LogP contribution in [0.5, 0.6) is 0 Å². The topological polar surface area (TPSA) is 72.2 Å². The molecule has 0 atom stereocenters. The molecule has 0 saturated carbocycles. The van der Waals surface area contributed by atoms with E-state index in [-0.39, 0.29) is 11.0 Å². The van der Waals surface area contributed by atoms with Gasteiger partial charge in [-0.15, -0.1) is 5.01 Å². The van der Waals surface area contributed by atoms with Crippen LogP contribution >= 0.6 is 31.9 Å². The highest BCUT2D eigenvalue weighted by atomic mass is 79.9. The number of hydrazine groups is 1. The summed E-state index contributed by atoms with van der Waals surface area (Å²) in [6, 6.07) is 4.31. The number of nitrogens with zero attached hydrogens (tertiary/aromatic N) is 4. The molecule has 1 aliphatic carbocycles. The molecule has 3 heterocycles. The van der Waals surface area contributed by atoms with Gasteiger partial charge in [0.1, 0.15) is 0 Å². The van der Waals surface area contributed by atoms with E-state index in [0.717, 1.165) is 46.0 Å². The molecule has 0 aromatic carbocycles. The standard InChI is InChI=1S/C18H18Br2N4O2.4C2H6/c19-14-7-12-1-2-13-8-15(20)10-22-18(13)16(17(12)21-9-14)11-3-5-23(6-4-11)24(25)26;4*1-2/h7-11,16H,1-6H2;4*1-2H3. The van der Waals surface area contributed by atoms with Crippen LogP contribution in [0.1, 0.15) is 96.7 Å². The van der Waals surface area contributed by atoms with Crippen LogP contribution in [0.4, 0.5) is 0 Å². The molecule has 2 aromatic heterocycles. The third kappa shape index (κ3) is 8.59. The quantitative estimate of drug-likeness (QED) is 0.256. The minimum absolute atomic E-state index is 0.0950. The molecule has 2 aliphatic rings. The van der Waals surface area contributed by atoms with Crippen LogP contribution in [-0.4, -0.2) is 33.1 Å². The van der Waals surface area contributed by atoms with Crippen molar-refractivity contribution >= 4 is 31.9 Å². The second-order valence-electron chi connectivity index (χ2n) is 6.90. The number of halogens is 2. The Bertz CT molecular complexity index is 803. The van der Waals surface area contributed by atoms with Crippen LogP contribution < -0.4 is 0 Å². The molecule has 34 heavy (non-hydrogen) atoms. The van der Waals surface area contributed by atoms with E-state index in [1.165, 1.54) is 16.1 Å². The van der Waals surface area contributed by atoms with Gasteiger partial charge in [0.25, 0.3) is 0 Å². The van der Waals surface area contributed by atoms with E-state index in [2.05, 4.69) is 44.0 Å². The minimum atomic E-state index is -0.282. The highest BCUT2D eigenvalue weighted by molar-refractivity contribution is 9.10. The summed E-state index contributed by atoms with van der Waals surface area (Å²) in [6.45, 7) is 17.0. The van der Waals surface area contributed by atoms with E-state index in [9.17, 15) is 10.1 Å². The molecule has 0 amide bonds. The third-order valence-corrected chi connectivity index (χ3v) is 6.27. The first-order valence-electron chi connectivity index (χ1n) is 12.7. The number of nitro groups is 1. The normalized spacial score (nSPS) is 14.6. The number of hydrogen-bond donors (Lipinski definition) is 0. The van der Waals surface area contributed by atoms with Gasteiger partial charge in [-0.3, -0.25) is 9.97 Å². The monoisotopic (exact) mass is 600 g/mol. The van der Waals surface area contributed by atoms with Crippen molar-refractivity contribution in [3.8, 4) is 0 Å². The predicted octanol–water partition coefficient (Wildman–Crippen LogP) is 8.24. The largest absolute Gasteiger partial charge is 0.259 e. The summed E-state index contributed by atoms with van der Waals surface area (Å²) in [7, 11) is 0. The first kappa shape index (κ1) is 32.5. The smallest absolute Gasteiger partial charge is 0.160 e. The number of piperidine rings is 1. The fraction of sp³-hybridized carbons (Fsp3) is 0.615. The zero-order valence-electron chi connectivity index (χ0n) is 22.1. The van der Waals surface area contributed by atoms with Crippen LogP contribution in [0.2, 0.25) is 0 Å². The van der Waals surface area contributed by atoms with Crippen molar-refractivity contribution in [2.75, 3.05) is 13.1 Å². The van der Waals surface area contributed by atoms with Crippen molar-refractivity contribution < 1.29 is 5.03 Å². The molecule has 192 valence electrons. The van der Waals surface area contributed by atoms with Crippen LogP contribution in [-0.2, 0) is 12.8 Å². The molecule has 1 fully saturated rings. The lowest BCUT2D eigenvalue weighted by Gasteiger charge is -2.32. The maximum absolute atomic E-state index is 11.1. The van der Waals surface area contributed by atoms with Gasteiger partial charge in [-0.1, -0.05) is 55.4 Å². The summed E-state index contributed by atoms with van der Waals surface area (Å²) in [5, 5.41) is 12.1. The lowest BCUT2D eigenvalue weighted by atomic mass is 9.79. The number of pyridine rings is 2. The molecule has 0 radical (unpaired) electrons. The Hall–Kier alpha value is -1.54. The van der Waals surface area contributed by atoms with Gasteiger partial charge in [0.05, 0.1) is 24.5 Å². The predicted molar refractivity (Wildman–Crippen MR) is 150 cm³/mol. The molecule has 4 rings (SSSR count). The fourth-order valence-corrected chi connectivity index (χ4v) is 4.93. The van der Waals surface area contributed by atoms with Gasteiger partial charge in [0.15, 0.2) is 5.03 Å². The van der Waals surface area contributed by atoms with Crippen LogP contribution in [0.15, 0.2) is 33.5 Å². The molecule has 2 aromatic rings. The summed E-state index contributed by atoms with van der Waals surface area (Å²) in [5.74, 6) is 0.404. The minimum Gasteiger partial charge on any atom is -0.259 e. The summed E-state index contributed by atoms with van der Waals surface area (Å²) in [6.07, 6.45) is 7.11. The van der Waals surface area contributed by atoms with Gasteiger partial charge < -0.3 is 0 Å². The summed E-state index contributed by atoms with van der Waals surface area (Å²) >= 11 is 7.07. The van der Waals surface area contributed by atoms with Gasteiger partial charge in [0, 0.05) is 27.3 Å². The second kappa shape index (κ2) is 17.8. The zero-order chi connectivity index (χ0) is 26.3. The van der Waals surface area contributed by atoms with Crippen LogP contribution in [0.3, 0.4) is 0 Å². The summed E-state index contributed by atoms with van der Waals surface area (Å²) in [5.41, 5.74) is 4.66. The Balaban J connectivity index is 0.00000124. The van der Waals surface area contributed by atoms with Crippen molar-refractivity contribution in [3.05, 3.63) is 66.1 Å². The van der Waals surface area contributed by atoms with Crippen LogP contribution in [0, 0.1) is 16.0 Å². The number of rotatable bonds is 2. The van der Waals surface area contributed by atoms with Gasteiger partial charge in [0.2, 0.25) is 0 Å². The number of aryl methyl sites for hydroxylation is 2. The maximum Gasteiger partial charge on any atom is 0.160 e. The summed E-state index contributed by atoms with van der Waals surface area (Å²) in [4.78, 5) is 20.6. The molecule has 1 saturated heterocycles. The lowest BCUT2D eigenvalue weighted by Crippen LogP contribution is -2.39. The Morgan fingerprint density at radius 3 is 1.56 bits per heavy atom. The van der Waals surface area contributed by atoms with Gasteiger partial charge in [-0.25, -0.2) is 10.1 Å². The lowest BCUT2D eigenvalue weighted by molar-refractivity contribution is -0.658. The first-order chi connectivity index (χ1) is 16.5. The number of hydrogen-bond acceptors (Lipinski definition) is 4. The third-order valence-electron chi connectivity index (χ3n) is 5.41. The Morgan fingerprint density at radius 1 is 0.824 bits per heavy atom. The molecule has 0 spiro atoms. The molecule has 1 aliphatic heterocycles. The van der Waals surface area contributed by atoms with E-state index in [1.807, 2.05) is 67.8 Å². The number of aromatic nitrogens is 2. The summed E-state index contributed by atoms with van der Waals surface area (Å²) < 4.78 is 1.97. The van der Waals surface area contributed by atoms with Crippen molar-refractivity contribution in [1.82, 2.24) is 15.0 Å². The average Bonchev–Trinajstić information content (AvgIpc) is 3.05. The Kier molecular flexibility index (Phi) is 17.0. The molecular weight excluding hydrogens is 560 g/mol. The Labute approximate surface area is 223 Å². The molecular formula is C26H42Br2N4O2. The highest BCUT2D eigenvalue weighted by Gasteiger charge is 2.36. The van der Waals surface area contributed by atoms with E-state index in [0.29, 0.717) is 19.0 Å². The van der Waals surface area contributed by atoms with Crippen molar-refractivity contribution in [2.24, 2.45) is 5.92 Å². The SMILES string of the molecule is CC.CC.CC.CC.O=[N+]([O-])N1CCC(C2c3ncc(Br)cc3CCc3cc(Br)cnc32)CC1. The molecule has 0 bridgehead atoms. The van der Waals surface area contributed by atoms with E-state index >= 15 is 0 Å². The van der Waals surface area contributed by atoms with Gasteiger partial charge in [-0.05, 0) is 86.7 Å². The van der Waals surface area contributed by atoms with E-state index in [4.69, 9.17) is 9.97 Å². The average molecular weight is 602 g/mol. The van der Waals surface area contributed by atoms with Crippen molar-refractivity contribution in [3.63, 3.8) is 0 Å². The Morgan fingerprint density at radius 2 is 1.21 bits per heavy atom. The van der Waals surface area contributed by atoms with Gasteiger partial charge in [-0.2, -0.15) is 0 Å². The zero-order valence-corrected chi connectivity index (χ0v) is 25.2. The molecule has 8 heteroatoms. The van der Waals surface area contributed by atoms with Crippen molar-refractivity contribution in [1.29, 1.82) is 0 Å². The maximum atomic E-state index is 11.1.